The largest absolute Gasteiger partial charge is 0.504 e. The molecule has 92 valence electrons. The highest BCUT2D eigenvalue weighted by Gasteiger charge is 2.17. The zero-order valence-corrected chi connectivity index (χ0v) is 11.1. The second-order valence-corrected chi connectivity index (χ2v) is 5.25. The molecular formula is C13H24N2O. The lowest BCUT2D eigenvalue weighted by molar-refractivity contribution is 0.447. The monoisotopic (exact) mass is 224 g/mol. The van der Waals surface area contributed by atoms with Crippen LogP contribution < -0.4 is 0 Å². The molecule has 3 nitrogen and oxygen atoms in total. The molecule has 1 heterocycles. The molecule has 0 atom stereocenters. The first-order chi connectivity index (χ1) is 7.45. The van der Waals surface area contributed by atoms with Gasteiger partial charge in [-0.2, -0.15) is 5.10 Å². The van der Waals surface area contributed by atoms with Crippen molar-refractivity contribution in [3.63, 3.8) is 0 Å². The number of aromatic nitrogens is 2. The lowest BCUT2D eigenvalue weighted by Crippen LogP contribution is -2.06. The minimum atomic E-state index is 0.421. The van der Waals surface area contributed by atoms with Gasteiger partial charge in [-0.05, 0) is 31.6 Å². The molecule has 0 aliphatic carbocycles. The molecule has 1 aromatic rings. The molecule has 1 aromatic heterocycles. The van der Waals surface area contributed by atoms with Crippen molar-refractivity contribution in [1.29, 1.82) is 0 Å². The Labute approximate surface area is 98.5 Å². The first-order valence-corrected chi connectivity index (χ1v) is 6.23. The molecule has 0 radical (unpaired) electrons. The maximum Gasteiger partial charge on any atom is 0.160 e. The van der Waals surface area contributed by atoms with Crippen LogP contribution in [-0.2, 0) is 19.4 Å². The highest BCUT2D eigenvalue weighted by molar-refractivity contribution is 5.33. The van der Waals surface area contributed by atoms with Crippen LogP contribution in [0, 0.1) is 11.8 Å². The topological polar surface area (TPSA) is 38.0 Å². The number of aryl methyl sites for hydroxylation is 1. The molecule has 0 saturated carbocycles. The first kappa shape index (κ1) is 13.1. The Balaban J connectivity index is 3.00. The van der Waals surface area contributed by atoms with Crippen LogP contribution in [0.5, 0.6) is 5.75 Å². The number of aromatic hydroxyl groups is 1. The van der Waals surface area contributed by atoms with E-state index in [2.05, 4.69) is 39.7 Å². The predicted molar refractivity (Wildman–Crippen MR) is 66.6 cm³/mol. The summed E-state index contributed by atoms with van der Waals surface area (Å²) in [7, 11) is 0. The van der Waals surface area contributed by atoms with Gasteiger partial charge in [0, 0.05) is 6.54 Å². The van der Waals surface area contributed by atoms with E-state index in [0.717, 1.165) is 30.8 Å². The minimum Gasteiger partial charge on any atom is -0.504 e. The molecule has 0 fully saturated rings. The van der Waals surface area contributed by atoms with Crippen LogP contribution in [0.3, 0.4) is 0 Å². The minimum absolute atomic E-state index is 0.421. The average molecular weight is 224 g/mol. The summed E-state index contributed by atoms with van der Waals surface area (Å²) in [6.07, 6.45) is 1.74. The van der Waals surface area contributed by atoms with Gasteiger partial charge in [0.1, 0.15) is 5.69 Å². The van der Waals surface area contributed by atoms with Crippen LogP contribution in [0.1, 0.15) is 46.0 Å². The van der Waals surface area contributed by atoms with E-state index in [4.69, 9.17) is 0 Å². The molecule has 3 heteroatoms. The number of rotatable bonds is 5. The second-order valence-electron chi connectivity index (χ2n) is 5.25. The molecule has 0 aliphatic heterocycles. The van der Waals surface area contributed by atoms with E-state index in [0.29, 0.717) is 17.6 Å². The van der Waals surface area contributed by atoms with E-state index in [1.54, 1.807) is 0 Å². The van der Waals surface area contributed by atoms with E-state index in [-0.39, 0.29) is 0 Å². The third-order valence-electron chi connectivity index (χ3n) is 2.60. The van der Waals surface area contributed by atoms with Gasteiger partial charge in [-0.3, -0.25) is 4.68 Å². The second kappa shape index (κ2) is 5.37. The van der Waals surface area contributed by atoms with E-state index in [9.17, 15) is 5.11 Å². The Hall–Kier alpha value is -0.990. The van der Waals surface area contributed by atoms with Crippen molar-refractivity contribution in [2.45, 2.75) is 54.0 Å². The SMILES string of the molecule is CCn1nc(CC(C)C)c(O)c1CC(C)C. The Kier molecular flexibility index (Phi) is 4.39. The molecule has 0 unspecified atom stereocenters. The maximum absolute atomic E-state index is 10.2. The zero-order valence-electron chi connectivity index (χ0n) is 11.1. The molecule has 1 N–H and O–H groups in total. The van der Waals surface area contributed by atoms with E-state index in [1.165, 1.54) is 0 Å². The Bertz CT molecular complexity index is 340. The zero-order chi connectivity index (χ0) is 12.3. The van der Waals surface area contributed by atoms with Crippen molar-refractivity contribution < 1.29 is 5.11 Å². The lowest BCUT2D eigenvalue weighted by Gasteiger charge is -2.07. The van der Waals surface area contributed by atoms with Crippen molar-refractivity contribution in [3.05, 3.63) is 11.4 Å². The third kappa shape index (κ3) is 3.00. The van der Waals surface area contributed by atoms with Gasteiger partial charge in [-0.1, -0.05) is 27.7 Å². The summed E-state index contributed by atoms with van der Waals surface area (Å²) in [4.78, 5) is 0. The standard InChI is InChI=1S/C13H24N2O/c1-6-15-12(8-10(4)5)13(16)11(14-15)7-9(2)3/h9-10,16H,6-8H2,1-5H3. The van der Waals surface area contributed by atoms with Crippen molar-refractivity contribution in [2.75, 3.05) is 0 Å². The van der Waals surface area contributed by atoms with E-state index >= 15 is 0 Å². The van der Waals surface area contributed by atoms with Gasteiger partial charge in [0.25, 0.3) is 0 Å². The van der Waals surface area contributed by atoms with Crippen LogP contribution in [0.4, 0.5) is 0 Å². The fourth-order valence-electron chi connectivity index (χ4n) is 1.92. The quantitative estimate of drug-likeness (QED) is 0.835. The molecule has 0 amide bonds. The third-order valence-corrected chi connectivity index (χ3v) is 2.60. The summed E-state index contributed by atoms with van der Waals surface area (Å²) >= 11 is 0. The van der Waals surface area contributed by atoms with Crippen LogP contribution in [0.15, 0.2) is 0 Å². The summed E-state index contributed by atoms with van der Waals surface area (Å²) < 4.78 is 1.94. The first-order valence-electron chi connectivity index (χ1n) is 6.23. The molecule has 1 rings (SSSR count). The number of hydrogen-bond acceptors (Lipinski definition) is 2. The summed E-state index contributed by atoms with van der Waals surface area (Å²) in [5, 5.41) is 14.6. The highest BCUT2D eigenvalue weighted by Crippen LogP contribution is 2.26. The number of hydrogen-bond donors (Lipinski definition) is 1. The molecule has 0 spiro atoms. The Morgan fingerprint density at radius 1 is 1.12 bits per heavy atom. The summed E-state index contributed by atoms with van der Waals surface area (Å²) in [6.45, 7) is 11.5. The molecule has 0 saturated heterocycles. The van der Waals surface area contributed by atoms with Gasteiger partial charge >= 0.3 is 0 Å². The highest BCUT2D eigenvalue weighted by atomic mass is 16.3. The van der Waals surface area contributed by atoms with Gasteiger partial charge in [-0.15, -0.1) is 0 Å². The summed E-state index contributed by atoms with van der Waals surface area (Å²) in [6, 6.07) is 0. The maximum atomic E-state index is 10.2. The molecule has 0 aromatic carbocycles. The van der Waals surface area contributed by atoms with Crippen LogP contribution >= 0.6 is 0 Å². The Morgan fingerprint density at radius 2 is 1.69 bits per heavy atom. The van der Waals surface area contributed by atoms with Crippen LogP contribution in [0.25, 0.3) is 0 Å². The normalized spacial score (nSPS) is 11.7. The van der Waals surface area contributed by atoms with Gasteiger partial charge in [-0.25, -0.2) is 0 Å². The van der Waals surface area contributed by atoms with Gasteiger partial charge in [0.15, 0.2) is 5.75 Å². The van der Waals surface area contributed by atoms with E-state index in [1.807, 2.05) is 4.68 Å². The fraction of sp³-hybridized carbons (Fsp3) is 0.769. The number of nitrogens with zero attached hydrogens (tertiary/aromatic N) is 2. The van der Waals surface area contributed by atoms with Crippen molar-refractivity contribution >= 4 is 0 Å². The van der Waals surface area contributed by atoms with Crippen molar-refractivity contribution in [1.82, 2.24) is 9.78 Å². The van der Waals surface area contributed by atoms with E-state index < -0.39 is 0 Å². The molecule has 0 bridgehead atoms. The summed E-state index contributed by atoms with van der Waals surface area (Å²) in [5.41, 5.74) is 1.85. The molecule has 0 aliphatic rings. The predicted octanol–water partition coefficient (Wildman–Crippen LogP) is 3.01. The van der Waals surface area contributed by atoms with Gasteiger partial charge in [0.2, 0.25) is 0 Å². The van der Waals surface area contributed by atoms with Crippen molar-refractivity contribution in [3.8, 4) is 5.75 Å². The fourth-order valence-corrected chi connectivity index (χ4v) is 1.92. The smallest absolute Gasteiger partial charge is 0.160 e. The van der Waals surface area contributed by atoms with Crippen molar-refractivity contribution in [2.24, 2.45) is 11.8 Å². The lowest BCUT2D eigenvalue weighted by atomic mass is 10.0. The molecular weight excluding hydrogens is 200 g/mol. The van der Waals surface area contributed by atoms with Gasteiger partial charge in [0.05, 0.1) is 5.69 Å². The van der Waals surface area contributed by atoms with Crippen LogP contribution in [0.2, 0.25) is 0 Å². The Morgan fingerprint density at radius 3 is 2.12 bits per heavy atom. The molecule has 16 heavy (non-hydrogen) atoms. The van der Waals surface area contributed by atoms with Crippen LogP contribution in [-0.4, -0.2) is 14.9 Å². The summed E-state index contributed by atoms with van der Waals surface area (Å²) in [5.74, 6) is 1.49. The average Bonchev–Trinajstić information content (AvgIpc) is 2.44. The van der Waals surface area contributed by atoms with Gasteiger partial charge < -0.3 is 5.11 Å².